The van der Waals surface area contributed by atoms with Crippen molar-refractivity contribution in [2.45, 2.75) is 18.9 Å². The van der Waals surface area contributed by atoms with Crippen LogP contribution in [0.15, 0.2) is 12.4 Å². The lowest BCUT2D eigenvalue weighted by Crippen LogP contribution is -2.16. The number of imidazole rings is 1. The van der Waals surface area contributed by atoms with Crippen LogP contribution in [0.25, 0.3) is 0 Å². The molecule has 0 spiro atoms. The average molecular weight is 183 g/mol. The van der Waals surface area contributed by atoms with Crippen molar-refractivity contribution >= 4 is 5.97 Å². The number of hydrogen-bond acceptors (Lipinski definition) is 3. The van der Waals surface area contributed by atoms with E-state index in [0.29, 0.717) is 6.42 Å². The summed E-state index contributed by atoms with van der Waals surface area (Å²) in [7, 11) is 1.84. The van der Waals surface area contributed by atoms with Crippen molar-refractivity contribution in [1.29, 1.82) is 0 Å². The molecular weight excluding hydrogens is 170 g/mol. The van der Waals surface area contributed by atoms with E-state index in [4.69, 9.17) is 10.8 Å². The van der Waals surface area contributed by atoms with Crippen molar-refractivity contribution in [2.75, 3.05) is 0 Å². The van der Waals surface area contributed by atoms with Gasteiger partial charge in [-0.1, -0.05) is 0 Å². The third-order valence-electron chi connectivity index (χ3n) is 1.86. The van der Waals surface area contributed by atoms with Gasteiger partial charge in [0.15, 0.2) is 0 Å². The van der Waals surface area contributed by atoms with E-state index in [1.165, 1.54) is 0 Å². The fraction of sp³-hybridized carbons (Fsp3) is 0.500. The molecule has 1 rings (SSSR count). The van der Waals surface area contributed by atoms with Gasteiger partial charge in [0.2, 0.25) is 0 Å². The number of nitrogens with zero attached hydrogens (tertiary/aromatic N) is 2. The molecule has 13 heavy (non-hydrogen) atoms. The number of aromatic nitrogens is 2. The highest BCUT2D eigenvalue weighted by Crippen LogP contribution is 2.12. The first-order chi connectivity index (χ1) is 6.11. The van der Waals surface area contributed by atoms with Crippen LogP contribution in [0.5, 0.6) is 0 Å². The lowest BCUT2D eigenvalue weighted by molar-refractivity contribution is -0.137. The Labute approximate surface area is 76.2 Å². The monoisotopic (exact) mass is 183 g/mol. The molecule has 0 amide bonds. The summed E-state index contributed by atoms with van der Waals surface area (Å²) in [6, 6.07) is -0.295. The standard InChI is InChI=1S/C8H13N3O2/c1-11-5-4-10-8(11)6(9)2-3-7(12)13/h4-6H,2-3,9H2,1H3,(H,12,13). The lowest BCUT2D eigenvalue weighted by atomic mass is 10.1. The van der Waals surface area contributed by atoms with Gasteiger partial charge in [0, 0.05) is 25.9 Å². The molecule has 0 saturated heterocycles. The molecule has 72 valence electrons. The summed E-state index contributed by atoms with van der Waals surface area (Å²) < 4.78 is 1.80. The predicted octanol–water partition coefficient (Wildman–Crippen LogP) is 0.285. The number of carbonyl (C=O) groups is 1. The third-order valence-corrected chi connectivity index (χ3v) is 1.86. The molecule has 1 aromatic rings. The van der Waals surface area contributed by atoms with E-state index in [0.717, 1.165) is 5.82 Å². The molecular formula is C8H13N3O2. The number of rotatable bonds is 4. The molecule has 5 nitrogen and oxygen atoms in total. The number of hydrogen-bond donors (Lipinski definition) is 2. The molecule has 0 bridgehead atoms. The number of carboxylic acid groups (broad SMARTS) is 1. The van der Waals surface area contributed by atoms with Crippen LogP contribution in [0.4, 0.5) is 0 Å². The largest absolute Gasteiger partial charge is 0.481 e. The van der Waals surface area contributed by atoms with E-state index in [9.17, 15) is 4.79 Å². The maximum atomic E-state index is 10.3. The van der Waals surface area contributed by atoms with Crippen molar-refractivity contribution in [1.82, 2.24) is 9.55 Å². The highest BCUT2D eigenvalue weighted by molar-refractivity contribution is 5.66. The summed E-state index contributed by atoms with van der Waals surface area (Å²) in [5.74, 6) is -0.106. The molecule has 0 aliphatic carbocycles. The predicted molar refractivity (Wildman–Crippen MR) is 47.0 cm³/mol. The van der Waals surface area contributed by atoms with E-state index >= 15 is 0 Å². The molecule has 0 aliphatic rings. The molecule has 3 N–H and O–H groups in total. The Morgan fingerprint density at radius 1 is 1.85 bits per heavy atom. The van der Waals surface area contributed by atoms with Gasteiger partial charge < -0.3 is 15.4 Å². The van der Waals surface area contributed by atoms with E-state index in [-0.39, 0.29) is 12.5 Å². The smallest absolute Gasteiger partial charge is 0.303 e. The summed E-state index contributed by atoms with van der Waals surface area (Å²) >= 11 is 0. The van der Waals surface area contributed by atoms with E-state index in [1.807, 2.05) is 7.05 Å². The summed E-state index contributed by atoms with van der Waals surface area (Å²) in [5.41, 5.74) is 5.74. The highest BCUT2D eigenvalue weighted by Gasteiger charge is 2.11. The van der Waals surface area contributed by atoms with Gasteiger partial charge in [0.1, 0.15) is 5.82 Å². The second-order valence-electron chi connectivity index (χ2n) is 2.94. The van der Waals surface area contributed by atoms with Gasteiger partial charge in [-0.2, -0.15) is 0 Å². The molecule has 0 saturated carbocycles. The minimum absolute atomic E-state index is 0.0774. The average Bonchev–Trinajstić information content (AvgIpc) is 2.47. The van der Waals surface area contributed by atoms with Gasteiger partial charge in [0.05, 0.1) is 6.04 Å². The van der Waals surface area contributed by atoms with Crippen LogP contribution in [0.1, 0.15) is 24.7 Å². The van der Waals surface area contributed by atoms with Crippen molar-refractivity contribution in [3.8, 4) is 0 Å². The minimum Gasteiger partial charge on any atom is -0.481 e. The zero-order chi connectivity index (χ0) is 9.84. The van der Waals surface area contributed by atoms with Gasteiger partial charge in [-0.05, 0) is 6.42 Å². The van der Waals surface area contributed by atoms with Crippen molar-refractivity contribution in [3.05, 3.63) is 18.2 Å². The van der Waals surface area contributed by atoms with Crippen LogP contribution < -0.4 is 5.73 Å². The lowest BCUT2D eigenvalue weighted by Gasteiger charge is -2.09. The van der Waals surface area contributed by atoms with E-state index in [2.05, 4.69) is 4.98 Å². The molecule has 1 unspecified atom stereocenters. The van der Waals surface area contributed by atoms with Crippen LogP contribution in [-0.2, 0) is 11.8 Å². The number of aryl methyl sites for hydroxylation is 1. The Hall–Kier alpha value is -1.36. The molecule has 0 aromatic carbocycles. The van der Waals surface area contributed by atoms with Gasteiger partial charge in [0.25, 0.3) is 0 Å². The van der Waals surface area contributed by atoms with Gasteiger partial charge >= 0.3 is 5.97 Å². The molecule has 1 aromatic heterocycles. The van der Waals surface area contributed by atoms with Crippen LogP contribution in [0.3, 0.4) is 0 Å². The Bertz CT molecular complexity index is 295. The summed E-state index contributed by atoms with van der Waals surface area (Å²) in [6.07, 6.45) is 3.93. The molecule has 1 heterocycles. The van der Waals surface area contributed by atoms with Crippen molar-refractivity contribution < 1.29 is 9.90 Å². The van der Waals surface area contributed by atoms with E-state index in [1.54, 1.807) is 17.0 Å². The molecule has 0 fully saturated rings. The second kappa shape index (κ2) is 4.04. The first kappa shape index (κ1) is 9.73. The number of nitrogens with two attached hydrogens (primary N) is 1. The second-order valence-corrected chi connectivity index (χ2v) is 2.94. The minimum atomic E-state index is -0.829. The summed E-state index contributed by atoms with van der Waals surface area (Å²) in [4.78, 5) is 14.3. The SMILES string of the molecule is Cn1ccnc1C(N)CCC(=O)O. The zero-order valence-corrected chi connectivity index (χ0v) is 7.47. The fourth-order valence-electron chi connectivity index (χ4n) is 1.14. The zero-order valence-electron chi connectivity index (χ0n) is 7.47. The normalized spacial score (nSPS) is 12.8. The van der Waals surface area contributed by atoms with E-state index < -0.39 is 5.97 Å². The van der Waals surface area contributed by atoms with Gasteiger partial charge in [-0.3, -0.25) is 4.79 Å². The number of aliphatic carboxylic acids is 1. The van der Waals surface area contributed by atoms with Gasteiger partial charge in [-0.25, -0.2) is 4.98 Å². The highest BCUT2D eigenvalue weighted by atomic mass is 16.4. The Morgan fingerprint density at radius 2 is 2.54 bits per heavy atom. The topological polar surface area (TPSA) is 81.1 Å². The molecule has 0 aliphatic heterocycles. The summed E-state index contributed by atoms with van der Waals surface area (Å²) in [5, 5.41) is 8.45. The van der Waals surface area contributed by atoms with Crippen molar-refractivity contribution in [2.24, 2.45) is 12.8 Å². The fourth-order valence-corrected chi connectivity index (χ4v) is 1.14. The first-order valence-electron chi connectivity index (χ1n) is 4.06. The molecule has 0 radical (unpaired) electrons. The van der Waals surface area contributed by atoms with Gasteiger partial charge in [-0.15, -0.1) is 0 Å². The third kappa shape index (κ3) is 2.55. The van der Waals surface area contributed by atoms with Crippen LogP contribution in [0, 0.1) is 0 Å². The molecule has 1 atom stereocenters. The molecule has 5 heteroatoms. The number of carboxylic acids is 1. The Morgan fingerprint density at radius 3 is 3.00 bits per heavy atom. The maximum absolute atomic E-state index is 10.3. The summed E-state index contributed by atoms with van der Waals surface area (Å²) in [6.45, 7) is 0. The van der Waals surface area contributed by atoms with Crippen molar-refractivity contribution in [3.63, 3.8) is 0 Å². The maximum Gasteiger partial charge on any atom is 0.303 e. The van der Waals surface area contributed by atoms with Crippen LogP contribution >= 0.6 is 0 Å². The Kier molecular flexibility index (Phi) is 3.02. The van der Waals surface area contributed by atoms with Crippen LogP contribution in [-0.4, -0.2) is 20.6 Å². The quantitative estimate of drug-likeness (QED) is 0.702. The Balaban J connectivity index is 2.53. The first-order valence-corrected chi connectivity index (χ1v) is 4.06. The van der Waals surface area contributed by atoms with Crippen LogP contribution in [0.2, 0.25) is 0 Å².